The van der Waals surface area contributed by atoms with Crippen LogP contribution in [0.4, 0.5) is 0 Å². The highest BCUT2D eigenvalue weighted by atomic mass is 16.2. The van der Waals surface area contributed by atoms with Gasteiger partial charge in [-0.3, -0.25) is 9.78 Å². The normalized spacial score (nSPS) is 18.7. The average Bonchev–Trinajstić information content (AvgIpc) is 2.37. The maximum Gasteiger partial charge on any atom is 0.223 e. The number of rotatable bonds is 3. The Morgan fingerprint density at radius 1 is 1.44 bits per heavy atom. The zero-order valence-corrected chi connectivity index (χ0v) is 11.1. The summed E-state index contributed by atoms with van der Waals surface area (Å²) in [5.74, 6) is 0.248. The summed E-state index contributed by atoms with van der Waals surface area (Å²) in [6.45, 7) is 6.80. The second-order valence-corrected chi connectivity index (χ2v) is 5.39. The van der Waals surface area contributed by atoms with Gasteiger partial charge >= 0.3 is 0 Å². The Balaban J connectivity index is 1.91. The largest absolute Gasteiger partial charge is 0.335 e. The topological polar surface area (TPSA) is 45.2 Å². The maximum atomic E-state index is 12.3. The number of amides is 1. The van der Waals surface area contributed by atoms with Crippen molar-refractivity contribution in [2.24, 2.45) is 0 Å². The molecule has 18 heavy (non-hydrogen) atoms. The van der Waals surface area contributed by atoms with Crippen LogP contribution in [0.5, 0.6) is 0 Å². The molecule has 1 fully saturated rings. The lowest BCUT2D eigenvalue weighted by Gasteiger charge is -2.43. The van der Waals surface area contributed by atoms with Crippen molar-refractivity contribution in [2.75, 3.05) is 19.6 Å². The van der Waals surface area contributed by atoms with Crippen LogP contribution >= 0.6 is 0 Å². The second-order valence-electron chi connectivity index (χ2n) is 5.39. The van der Waals surface area contributed by atoms with Crippen molar-refractivity contribution in [3.05, 3.63) is 30.1 Å². The minimum absolute atomic E-state index is 0.0758. The molecule has 1 aromatic heterocycles. The molecule has 4 heteroatoms. The predicted octanol–water partition coefficient (Wildman–Crippen LogP) is 1.22. The summed E-state index contributed by atoms with van der Waals surface area (Å²) < 4.78 is 0. The van der Waals surface area contributed by atoms with E-state index in [0.717, 1.165) is 26.1 Å². The number of nitrogens with one attached hydrogen (secondary N) is 1. The molecule has 1 aromatic rings. The summed E-state index contributed by atoms with van der Waals surface area (Å²) in [5.41, 5.74) is 1.10. The van der Waals surface area contributed by atoms with Gasteiger partial charge in [0, 0.05) is 44.0 Å². The Kier molecular flexibility index (Phi) is 3.97. The van der Waals surface area contributed by atoms with E-state index in [1.54, 1.807) is 12.4 Å². The summed E-state index contributed by atoms with van der Waals surface area (Å²) in [4.78, 5) is 18.3. The van der Waals surface area contributed by atoms with Crippen molar-refractivity contribution in [3.63, 3.8) is 0 Å². The van der Waals surface area contributed by atoms with Gasteiger partial charge in [-0.1, -0.05) is 0 Å². The third-order valence-electron chi connectivity index (χ3n) is 3.48. The minimum Gasteiger partial charge on any atom is -0.335 e. The maximum absolute atomic E-state index is 12.3. The molecule has 1 aliphatic rings. The lowest BCUT2D eigenvalue weighted by molar-refractivity contribution is -0.137. The van der Waals surface area contributed by atoms with Gasteiger partial charge in [-0.05, 0) is 38.0 Å². The van der Waals surface area contributed by atoms with Gasteiger partial charge in [0.2, 0.25) is 5.91 Å². The quantitative estimate of drug-likeness (QED) is 0.873. The number of nitrogens with zero attached hydrogens (tertiary/aromatic N) is 2. The van der Waals surface area contributed by atoms with Crippen LogP contribution < -0.4 is 5.32 Å². The Hall–Kier alpha value is -1.42. The molecule has 0 aromatic carbocycles. The fourth-order valence-corrected chi connectivity index (χ4v) is 2.38. The second kappa shape index (κ2) is 5.48. The number of hydrogen-bond acceptors (Lipinski definition) is 3. The van der Waals surface area contributed by atoms with Crippen molar-refractivity contribution in [3.8, 4) is 0 Å². The molecular formula is C14H21N3O. The van der Waals surface area contributed by atoms with Crippen LogP contribution in [-0.2, 0) is 11.2 Å². The Morgan fingerprint density at radius 3 is 2.83 bits per heavy atom. The van der Waals surface area contributed by atoms with E-state index in [1.807, 2.05) is 17.0 Å². The Labute approximate surface area is 108 Å². The van der Waals surface area contributed by atoms with E-state index in [-0.39, 0.29) is 11.4 Å². The zero-order chi connectivity index (χ0) is 13.0. The Bertz CT molecular complexity index is 403. The first-order chi connectivity index (χ1) is 8.59. The number of aromatic nitrogens is 1. The van der Waals surface area contributed by atoms with E-state index in [9.17, 15) is 4.79 Å². The monoisotopic (exact) mass is 247 g/mol. The molecule has 1 saturated heterocycles. The summed E-state index contributed by atoms with van der Waals surface area (Å²) in [6, 6.07) is 3.94. The molecule has 0 aliphatic carbocycles. The minimum atomic E-state index is -0.0758. The van der Waals surface area contributed by atoms with Crippen LogP contribution in [0, 0.1) is 0 Å². The number of piperazine rings is 1. The lowest BCUT2D eigenvalue weighted by atomic mass is 9.99. The smallest absolute Gasteiger partial charge is 0.223 e. The van der Waals surface area contributed by atoms with Gasteiger partial charge in [0.25, 0.3) is 0 Å². The van der Waals surface area contributed by atoms with Crippen LogP contribution in [0.15, 0.2) is 24.5 Å². The van der Waals surface area contributed by atoms with Gasteiger partial charge in [0.05, 0.1) is 0 Å². The third-order valence-corrected chi connectivity index (χ3v) is 3.48. The molecule has 0 unspecified atom stereocenters. The van der Waals surface area contributed by atoms with Crippen LogP contribution in [0.2, 0.25) is 0 Å². The van der Waals surface area contributed by atoms with Gasteiger partial charge in [-0.15, -0.1) is 0 Å². The highest BCUT2D eigenvalue weighted by molar-refractivity contribution is 5.77. The molecule has 1 N–H and O–H groups in total. The van der Waals surface area contributed by atoms with Crippen molar-refractivity contribution in [1.82, 2.24) is 15.2 Å². The SMILES string of the molecule is CC1(C)CNCCN1C(=O)CCc1ccncc1. The summed E-state index contributed by atoms with van der Waals surface area (Å²) in [5, 5.41) is 3.33. The fourth-order valence-electron chi connectivity index (χ4n) is 2.38. The molecule has 98 valence electrons. The standard InChI is InChI=1S/C14H21N3O/c1-14(2)11-16-9-10-17(14)13(18)4-3-12-5-7-15-8-6-12/h5-8,16H,3-4,9-11H2,1-2H3. The van der Waals surface area contributed by atoms with Crippen molar-refractivity contribution in [1.29, 1.82) is 0 Å². The van der Waals surface area contributed by atoms with Crippen LogP contribution in [-0.4, -0.2) is 41.0 Å². The number of aryl methyl sites for hydroxylation is 1. The van der Waals surface area contributed by atoms with E-state index in [4.69, 9.17) is 0 Å². The van der Waals surface area contributed by atoms with Crippen molar-refractivity contribution >= 4 is 5.91 Å². The van der Waals surface area contributed by atoms with Gasteiger partial charge in [-0.25, -0.2) is 0 Å². The summed E-state index contributed by atoms with van der Waals surface area (Å²) in [6.07, 6.45) is 4.91. The van der Waals surface area contributed by atoms with Crippen molar-refractivity contribution in [2.45, 2.75) is 32.2 Å². The van der Waals surface area contributed by atoms with E-state index in [0.29, 0.717) is 6.42 Å². The molecular weight excluding hydrogens is 226 g/mol. The highest BCUT2D eigenvalue weighted by Crippen LogP contribution is 2.18. The van der Waals surface area contributed by atoms with E-state index in [1.165, 1.54) is 5.56 Å². The number of carbonyl (C=O) groups excluding carboxylic acids is 1. The molecule has 4 nitrogen and oxygen atoms in total. The molecule has 0 bridgehead atoms. The molecule has 0 saturated carbocycles. The van der Waals surface area contributed by atoms with E-state index < -0.39 is 0 Å². The van der Waals surface area contributed by atoms with Gasteiger partial charge in [0.1, 0.15) is 0 Å². The zero-order valence-electron chi connectivity index (χ0n) is 11.1. The number of carbonyl (C=O) groups is 1. The number of pyridine rings is 1. The molecule has 0 spiro atoms. The van der Waals surface area contributed by atoms with Crippen molar-refractivity contribution < 1.29 is 4.79 Å². The van der Waals surface area contributed by atoms with E-state index in [2.05, 4.69) is 24.1 Å². The van der Waals surface area contributed by atoms with Crippen LogP contribution in [0.3, 0.4) is 0 Å². The molecule has 1 amide bonds. The first kappa shape index (κ1) is 13.0. The summed E-state index contributed by atoms with van der Waals surface area (Å²) >= 11 is 0. The predicted molar refractivity (Wildman–Crippen MR) is 71.2 cm³/mol. The molecule has 0 atom stereocenters. The highest BCUT2D eigenvalue weighted by Gasteiger charge is 2.32. The molecule has 1 aliphatic heterocycles. The lowest BCUT2D eigenvalue weighted by Crippen LogP contribution is -2.59. The first-order valence-electron chi connectivity index (χ1n) is 6.50. The molecule has 2 rings (SSSR count). The summed E-state index contributed by atoms with van der Waals surface area (Å²) in [7, 11) is 0. The van der Waals surface area contributed by atoms with Crippen LogP contribution in [0.1, 0.15) is 25.8 Å². The van der Waals surface area contributed by atoms with Gasteiger partial charge in [0.15, 0.2) is 0 Å². The third kappa shape index (κ3) is 3.07. The number of hydrogen-bond donors (Lipinski definition) is 1. The first-order valence-corrected chi connectivity index (χ1v) is 6.50. The van der Waals surface area contributed by atoms with Gasteiger partial charge in [-0.2, -0.15) is 0 Å². The Morgan fingerprint density at radius 2 is 2.17 bits per heavy atom. The molecule has 0 radical (unpaired) electrons. The molecule has 2 heterocycles. The van der Waals surface area contributed by atoms with E-state index >= 15 is 0 Å². The van der Waals surface area contributed by atoms with Crippen LogP contribution in [0.25, 0.3) is 0 Å². The average molecular weight is 247 g/mol. The van der Waals surface area contributed by atoms with Gasteiger partial charge < -0.3 is 10.2 Å². The fraction of sp³-hybridized carbons (Fsp3) is 0.571.